The van der Waals surface area contributed by atoms with Gasteiger partial charge >= 0.3 is 0 Å². The maximum Gasteiger partial charge on any atom is 0.134 e. The van der Waals surface area contributed by atoms with E-state index < -0.39 is 0 Å². The molecule has 0 spiro atoms. The maximum absolute atomic E-state index is 6.20. The normalized spacial score (nSPS) is 26.6. The Bertz CT molecular complexity index is 584. The Hall–Kier alpha value is -1.40. The van der Waals surface area contributed by atoms with Crippen molar-refractivity contribution in [3.8, 4) is 0 Å². The van der Waals surface area contributed by atoms with Gasteiger partial charge in [-0.15, -0.1) is 0 Å². The molecule has 0 radical (unpaired) electrons. The average molecular weight is 363 g/mol. The molecule has 0 aromatic carbocycles. The van der Waals surface area contributed by atoms with Crippen LogP contribution in [0.25, 0.3) is 0 Å². The quantitative estimate of drug-likeness (QED) is 0.805. The third-order valence-electron chi connectivity index (χ3n) is 4.68. The van der Waals surface area contributed by atoms with E-state index in [0.29, 0.717) is 0 Å². The van der Waals surface area contributed by atoms with Crippen molar-refractivity contribution in [3.05, 3.63) is 12.4 Å². The first-order valence-corrected chi connectivity index (χ1v) is 9.48. The number of morpholine rings is 2. The summed E-state index contributed by atoms with van der Waals surface area (Å²) in [6, 6.07) is 2.11. The lowest BCUT2D eigenvalue weighted by molar-refractivity contribution is -0.133. The summed E-state index contributed by atoms with van der Waals surface area (Å²) in [5.41, 5.74) is -0.850. The Kier molecular flexibility index (Phi) is 4.51. The molecule has 0 bridgehead atoms. The fourth-order valence-electron chi connectivity index (χ4n) is 4.58. The molecule has 146 valence electrons. The second-order valence-electron chi connectivity index (χ2n) is 10.2. The number of anilines is 2. The van der Waals surface area contributed by atoms with Crippen LogP contribution in [0, 0.1) is 0 Å². The zero-order chi connectivity index (χ0) is 19.4. The molecular weight excluding hydrogens is 328 g/mol. The lowest BCUT2D eigenvalue weighted by Crippen LogP contribution is -2.58. The Morgan fingerprint density at radius 1 is 0.654 bits per heavy atom. The minimum atomic E-state index is -0.212. The lowest BCUT2D eigenvalue weighted by atomic mass is 9.98. The number of nitrogens with zero attached hydrogens (tertiary/aromatic N) is 4. The molecule has 6 heteroatoms. The zero-order valence-corrected chi connectivity index (χ0v) is 17.6. The van der Waals surface area contributed by atoms with E-state index in [1.54, 1.807) is 6.33 Å². The summed E-state index contributed by atoms with van der Waals surface area (Å²) < 4.78 is 12.4. The van der Waals surface area contributed by atoms with Gasteiger partial charge < -0.3 is 19.3 Å². The lowest BCUT2D eigenvalue weighted by Gasteiger charge is -2.48. The smallest absolute Gasteiger partial charge is 0.134 e. The van der Waals surface area contributed by atoms with E-state index in [9.17, 15) is 0 Å². The highest BCUT2D eigenvalue weighted by Crippen LogP contribution is 2.34. The van der Waals surface area contributed by atoms with Crippen LogP contribution >= 0.6 is 0 Å². The second kappa shape index (κ2) is 6.06. The van der Waals surface area contributed by atoms with Gasteiger partial charge in [-0.05, 0) is 55.4 Å². The number of rotatable bonds is 2. The van der Waals surface area contributed by atoms with Crippen molar-refractivity contribution in [2.45, 2.75) is 77.8 Å². The third kappa shape index (κ3) is 4.46. The molecule has 26 heavy (non-hydrogen) atoms. The first-order chi connectivity index (χ1) is 11.8. The molecule has 0 amide bonds. The highest BCUT2D eigenvalue weighted by molar-refractivity contribution is 5.51. The van der Waals surface area contributed by atoms with Crippen molar-refractivity contribution < 1.29 is 9.47 Å². The fraction of sp³-hybridized carbons (Fsp3) is 0.800. The van der Waals surface area contributed by atoms with E-state index in [4.69, 9.17) is 9.47 Å². The van der Waals surface area contributed by atoms with Crippen LogP contribution in [-0.2, 0) is 9.47 Å². The number of aromatic nitrogens is 2. The summed E-state index contributed by atoms with van der Waals surface area (Å²) in [6.45, 7) is 20.3. The van der Waals surface area contributed by atoms with Crippen LogP contribution in [0.3, 0.4) is 0 Å². The highest BCUT2D eigenvalue weighted by atomic mass is 16.5. The monoisotopic (exact) mass is 362 g/mol. The predicted octanol–water partition coefficient (Wildman–Crippen LogP) is 3.26. The molecule has 1 aromatic heterocycles. The molecule has 2 fully saturated rings. The molecule has 3 rings (SSSR count). The summed E-state index contributed by atoms with van der Waals surface area (Å²) in [5, 5.41) is 0. The number of ether oxygens (including phenoxy) is 2. The van der Waals surface area contributed by atoms with Crippen molar-refractivity contribution in [2.75, 3.05) is 36.0 Å². The molecule has 3 heterocycles. The topological polar surface area (TPSA) is 50.7 Å². The van der Waals surface area contributed by atoms with E-state index in [-0.39, 0.29) is 22.4 Å². The minimum absolute atomic E-state index is 0.212. The van der Waals surface area contributed by atoms with E-state index in [1.807, 2.05) is 0 Å². The van der Waals surface area contributed by atoms with Crippen LogP contribution in [0.2, 0.25) is 0 Å². The van der Waals surface area contributed by atoms with Gasteiger partial charge in [0.1, 0.15) is 18.0 Å². The zero-order valence-electron chi connectivity index (χ0n) is 17.6. The van der Waals surface area contributed by atoms with Crippen LogP contribution < -0.4 is 9.80 Å². The summed E-state index contributed by atoms with van der Waals surface area (Å²) >= 11 is 0. The van der Waals surface area contributed by atoms with Crippen LogP contribution in [0.1, 0.15) is 55.4 Å². The summed E-state index contributed by atoms with van der Waals surface area (Å²) in [7, 11) is 0. The molecule has 0 unspecified atom stereocenters. The van der Waals surface area contributed by atoms with Gasteiger partial charge in [0.05, 0.1) is 22.4 Å². The molecule has 0 saturated carbocycles. The fourth-order valence-corrected chi connectivity index (χ4v) is 4.58. The van der Waals surface area contributed by atoms with Crippen molar-refractivity contribution in [2.24, 2.45) is 0 Å². The Labute approximate surface area is 157 Å². The molecular formula is C20H34N4O2. The Balaban J connectivity index is 1.87. The molecule has 1 aromatic rings. The summed E-state index contributed by atoms with van der Waals surface area (Å²) in [6.07, 6.45) is 1.68. The molecule has 0 atom stereocenters. The van der Waals surface area contributed by atoms with Crippen LogP contribution in [-0.4, -0.2) is 58.6 Å². The van der Waals surface area contributed by atoms with Crippen molar-refractivity contribution in [3.63, 3.8) is 0 Å². The number of hydrogen-bond donors (Lipinski definition) is 0. The summed E-state index contributed by atoms with van der Waals surface area (Å²) in [4.78, 5) is 13.7. The third-order valence-corrected chi connectivity index (χ3v) is 4.68. The Morgan fingerprint density at radius 3 is 1.27 bits per heavy atom. The van der Waals surface area contributed by atoms with E-state index >= 15 is 0 Å². The van der Waals surface area contributed by atoms with E-state index in [0.717, 1.165) is 37.8 Å². The molecule has 0 aliphatic carbocycles. The number of hydrogen-bond acceptors (Lipinski definition) is 6. The second-order valence-corrected chi connectivity index (χ2v) is 10.2. The molecule has 2 aliphatic heterocycles. The van der Waals surface area contributed by atoms with Gasteiger partial charge in [-0.3, -0.25) is 0 Å². The van der Waals surface area contributed by atoms with Gasteiger partial charge in [0, 0.05) is 32.2 Å². The summed E-state index contributed by atoms with van der Waals surface area (Å²) in [5.74, 6) is 1.92. The average Bonchev–Trinajstić information content (AvgIpc) is 2.41. The van der Waals surface area contributed by atoms with Gasteiger partial charge in [0.25, 0.3) is 0 Å². The standard InChI is InChI=1S/C20H34N4O2/c1-17(2)10-23(11-18(3,4)25-17)15-9-16(22-14-21-15)24-12-19(5,6)26-20(7,8)13-24/h9,14H,10-13H2,1-8H3. The van der Waals surface area contributed by atoms with Gasteiger partial charge in [0.15, 0.2) is 0 Å². The van der Waals surface area contributed by atoms with Gasteiger partial charge in [-0.1, -0.05) is 0 Å². The SMILES string of the molecule is CC1(C)CN(c2cc(N3CC(C)(C)OC(C)(C)C3)ncn2)CC(C)(C)O1. The van der Waals surface area contributed by atoms with Crippen LogP contribution in [0.15, 0.2) is 12.4 Å². The van der Waals surface area contributed by atoms with E-state index in [1.165, 1.54) is 0 Å². The molecule has 6 nitrogen and oxygen atoms in total. The van der Waals surface area contributed by atoms with Crippen molar-refractivity contribution in [1.82, 2.24) is 9.97 Å². The van der Waals surface area contributed by atoms with Crippen molar-refractivity contribution >= 4 is 11.6 Å². The minimum Gasteiger partial charge on any atom is -0.366 e. The van der Waals surface area contributed by atoms with Crippen LogP contribution in [0.4, 0.5) is 11.6 Å². The van der Waals surface area contributed by atoms with Gasteiger partial charge in [0.2, 0.25) is 0 Å². The molecule has 2 aliphatic rings. The largest absolute Gasteiger partial charge is 0.366 e. The van der Waals surface area contributed by atoms with Crippen molar-refractivity contribution in [1.29, 1.82) is 0 Å². The van der Waals surface area contributed by atoms with Gasteiger partial charge in [-0.2, -0.15) is 0 Å². The maximum atomic E-state index is 6.20. The van der Waals surface area contributed by atoms with Crippen LogP contribution in [0.5, 0.6) is 0 Å². The van der Waals surface area contributed by atoms with E-state index in [2.05, 4.69) is 81.2 Å². The molecule has 2 saturated heterocycles. The first-order valence-electron chi connectivity index (χ1n) is 9.48. The highest BCUT2D eigenvalue weighted by Gasteiger charge is 2.40. The first kappa shape index (κ1) is 19.4. The van der Waals surface area contributed by atoms with Gasteiger partial charge in [-0.25, -0.2) is 9.97 Å². The predicted molar refractivity (Wildman–Crippen MR) is 105 cm³/mol. The Morgan fingerprint density at radius 2 is 0.962 bits per heavy atom. The molecule has 0 N–H and O–H groups in total.